The van der Waals surface area contributed by atoms with Crippen molar-refractivity contribution in [1.82, 2.24) is 0 Å². The molecule has 1 heterocycles. The second-order valence-electron chi connectivity index (χ2n) is 6.76. The minimum atomic E-state index is -0.986. The zero-order valence-electron chi connectivity index (χ0n) is 16.0. The number of fused-ring (bicyclic) bond motifs is 1. The van der Waals surface area contributed by atoms with Crippen LogP contribution >= 0.6 is 11.6 Å². The standard InChI is InChI=1S/C21H22ClNO5/c1-12(2)15-6-4-5-7-17(15)23-20(24)13(3)28-21(25)14-10-16(22)19-18(11-14)26-8-9-27-19/h4-7,10-13H,8-9H2,1-3H3,(H,23,24)/t13-/m0/s1. The van der Waals surface area contributed by atoms with E-state index in [1.807, 2.05) is 38.1 Å². The Kier molecular flexibility index (Phi) is 6.09. The van der Waals surface area contributed by atoms with Crippen molar-refractivity contribution < 1.29 is 23.8 Å². The number of rotatable bonds is 5. The Bertz CT molecular complexity index is 896. The number of esters is 1. The fourth-order valence-electron chi connectivity index (χ4n) is 2.86. The summed E-state index contributed by atoms with van der Waals surface area (Å²) in [6.45, 7) is 6.37. The van der Waals surface area contributed by atoms with E-state index >= 15 is 0 Å². The molecular formula is C21H22ClNO5. The van der Waals surface area contributed by atoms with Crippen molar-refractivity contribution >= 4 is 29.2 Å². The zero-order valence-corrected chi connectivity index (χ0v) is 16.7. The molecule has 1 amide bonds. The molecule has 6 nitrogen and oxygen atoms in total. The summed E-state index contributed by atoms with van der Waals surface area (Å²) < 4.78 is 16.2. The van der Waals surface area contributed by atoms with Crippen LogP contribution in [0.2, 0.25) is 5.02 Å². The number of ether oxygens (including phenoxy) is 3. The number of carbonyl (C=O) groups is 2. The molecule has 0 fully saturated rings. The van der Waals surface area contributed by atoms with Crippen molar-refractivity contribution in [2.75, 3.05) is 18.5 Å². The summed E-state index contributed by atoms with van der Waals surface area (Å²) in [5, 5.41) is 3.08. The summed E-state index contributed by atoms with van der Waals surface area (Å²) in [6, 6.07) is 10.5. The SMILES string of the molecule is CC(C)c1ccccc1NC(=O)[C@H](C)OC(=O)c1cc(Cl)c2c(c1)OCCO2. The number of hydrogen-bond acceptors (Lipinski definition) is 5. The van der Waals surface area contributed by atoms with Crippen molar-refractivity contribution in [1.29, 1.82) is 0 Å². The van der Waals surface area contributed by atoms with Crippen molar-refractivity contribution in [2.24, 2.45) is 0 Å². The number of amides is 1. The van der Waals surface area contributed by atoms with Gasteiger partial charge in [0.05, 0.1) is 10.6 Å². The molecular weight excluding hydrogens is 382 g/mol. The Hall–Kier alpha value is -2.73. The maximum atomic E-state index is 12.5. The predicted molar refractivity (Wildman–Crippen MR) is 106 cm³/mol. The summed E-state index contributed by atoms with van der Waals surface area (Å²) >= 11 is 6.15. The van der Waals surface area contributed by atoms with Crippen LogP contribution in [0.4, 0.5) is 5.69 Å². The van der Waals surface area contributed by atoms with Gasteiger partial charge >= 0.3 is 5.97 Å². The lowest BCUT2D eigenvalue weighted by Gasteiger charge is -2.20. The van der Waals surface area contributed by atoms with Gasteiger partial charge < -0.3 is 19.5 Å². The van der Waals surface area contributed by atoms with E-state index in [0.29, 0.717) is 30.4 Å². The number of carbonyl (C=O) groups excluding carboxylic acids is 2. The number of halogens is 1. The fourth-order valence-corrected chi connectivity index (χ4v) is 3.12. The van der Waals surface area contributed by atoms with E-state index in [0.717, 1.165) is 5.56 Å². The fraction of sp³-hybridized carbons (Fsp3) is 0.333. The Morgan fingerprint density at radius 3 is 2.57 bits per heavy atom. The Morgan fingerprint density at radius 1 is 1.11 bits per heavy atom. The second kappa shape index (κ2) is 8.52. The Labute approximate surface area is 168 Å². The smallest absolute Gasteiger partial charge is 0.339 e. The van der Waals surface area contributed by atoms with E-state index in [1.165, 1.54) is 19.1 Å². The third kappa shape index (κ3) is 4.39. The zero-order chi connectivity index (χ0) is 20.3. The normalized spacial score (nSPS) is 13.8. The van der Waals surface area contributed by atoms with Gasteiger partial charge in [-0.05, 0) is 36.6 Å². The van der Waals surface area contributed by atoms with Gasteiger partial charge in [-0.25, -0.2) is 4.79 Å². The average Bonchev–Trinajstić information content (AvgIpc) is 2.68. The Morgan fingerprint density at radius 2 is 1.82 bits per heavy atom. The average molecular weight is 404 g/mol. The summed E-state index contributed by atoms with van der Waals surface area (Å²) in [4.78, 5) is 25.0. The molecule has 0 unspecified atom stereocenters. The van der Waals surface area contributed by atoms with Crippen LogP contribution in [-0.4, -0.2) is 31.2 Å². The molecule has 0 bridgehead atoms. The molecule has 28 heavy (non-hydrogen) atoms. The maximum absolute atomic E-state index is 12.5. The Balaban J connectivity index is 1.69. The largest absolute Gasteiger partial charge is 0.486 e. The van der Waals surface area contributed by atoms with Crippen molar-refractivity contribution in [2.45, 2.75) is 32.8 Å². The van der Waals surface area contributed by atoms with Crippen LogP contribution in [0.25, 0.3) is 0 Å². The van der Waals surface area contributed by atoms with Gasteiger partial charge in [0.2, 0.25) is 0 Å². The van der Waals surface area contributed by atoms with Crippen LogP contribution in [0.5, 0.6) is 11.5 Å². The molecule has 2 aromatic rings. The molecule has 7 heteroatoms. The quantitative estimate of drug-likeness (QED) is 0.748. The molecule has 1 N–H and O–H groups in total. The molecule has 0 saturated carbocycles. The lowest BCUT2D eigenvalue weighted by molar-refractivity contribution is -0.123. The van der Waals surface area contributed by atoms with Crippen LogP contribution in [0.15, 0.2) is 36.4 Å². The molecule has 0 saturated heterocycles. The predicted octanol–water partition coefficient (Wildman–Crippen LogP) is 4.42. The molecule has 3 rings (SSSR count). The van der Waals surface area contributed by atoms with Gasteiger partial charge in [0.1, 0.15) is 13.2 Å². The van der Waals surface area contributed by atoms with Gasteiger partial charge in [0, 0.05) is 5.69 Å². The van der Waals surface area contributed by atoms with Crippen LogP contribution in [-0.2, 0) is 9.53 Å². The van der Waals surface area contributed by atoms with Crippen molar-refractivity contribution in [3.8, 4) is 11.5 Å². The van der Waals surface area contributed by atoms with E-state index < -0.39 is 18.0 Å². The van der Waals surface area contributed by atoms with Crippen LogP contribution in [0.3, 0.4) is 0 Å². The highest BCUT2D eigenvalue weighted by atomic mass is 35.5. The number of benzene rings is 2. The lowest BCUT2D eigenvalue weighted by Crippen LogP contribution is -2.30. The van der Waals surface area contributed by atoms with Crippen LogP contribution in [0, 0.1) is 0 Å². The minimum absolute atomic E-state index is 0.191. The highest BCUT2D eigenvalue weighted by Gasteiger charge is 2.24. The molecule has 148 valence electrons. The number of nitrogens with one attached hydrogen (secondary N) is 1. The first-order chi connectivity index (χ1) is 13.4. The van der Waals surface area contributed by atoms with E-state index in [9.17, 15) is 9.59 Å². The van der Waals surface area contributed by atoms with E-state index in [4.69, 9.17) is 25.8 Å². The van der Waals surface area contributed by atoms with Crippen molar-refractivity contribution in [3.05, 3.63) is 52.5 Å². The van der Waals surface area contributed by atoms with Gasteiger partial charge in [0.15, 0.2) is 17.6 Å². The monoisotopic (exact) mass is 403 g/mol. The van der Waals surface area contributed by atoms with Crippen molar-refractivity contribution in [3.63, 3.8) is 0 Å². The molecule has 0 radical (unpaired) electrons. The summed E-state index contributed by atoms with van der Waals surface area (Å²) in [5.74, 6) is -0.0489. The summed E-state index contributed by atoms with van der Waals surface area (Å²) in [7, 11) is 0. The number of hydrogen-bond donors (Lipinski definition) is 1. The van der Waals surface area contributed by atoms with E-state index in [1.54, 1.807) is 0 Å². The third-order valence-electron chi connectivity index (χ3n) is 4.33. The lowest BCUT2D eigenvalue weighted by atomic mass is 10.0. The first kappa shape index (κ1) is 20.0. The molecule has 0 aliphatic carbocycles. The van der Waals surface area contributed by atoms with Gasteiger partial charge in [-0.3, -0.25) is 4.79 Å². The van der Waals surface area contributed by atoms with Gasteiger partial charge in [-0.1, -0.05) is 43.6 Å². The maximum Gasteiger partial charge on any atom is 0.339 e. The molecule has 1 atom stereocenters. The number of para-hydroxylation sites is 1. The first-order valence-electron chi connectivity index (χ1n) is 9.06. The minimum Gasteiger partial charge on any atom is -0.486 e. The topological polar surface area (TPSA) is 73.9 Å². The molecule has 1 aliphatic rings. The summed E-state index contributed by atoms with van der Waals surface area (Å²) in [6.07, 6.45) is -0.986. The third-order valence-corrected chi connectivity index (χ3v) is 4.61. The highest BCUT2D eigenvalue weighted by molar-refractivity contribution is 6.32. The van der Waals surface area contributed by atoms with E-state index in [2.05, 4.69) is 5.32 Å². The second-order valence-corrected chi connectivity index (χ2v) is 7.17. The molecule has 1 aliphatic heterocycles. The van der Waals surface area contributed by atoms with E-state index in [-0.39, 0.29) is 16.5 Å². The summed E-state index contributed by atoms with van der Waals surface area (Å²) in [5.41, 5.74) is 1.90. The molecule has 2 aromatic carbocycles. The number of anilines is 1. The van der Waals surface area contributed by atoms with Gasteiger partial charge in [-0.15, -0.1) is 0 Å². The van der Waals surface area contributed by atoms with Crippen LogP contribution < -0.4 is 14.8 Å². The highest BCUT2D eigenvalue weighted by Crippen LogP contribution is 2.38. The van der Waals surface area contributed by atoms with Gasteiger partial charge in [-0.2, -0.15) is 0 Å². The van der Waals surface area contributed by atoms with Gasteiger partial charge in [0.25, 0.3) is 5.91 Å². The first-order valence-corrected chi connectivity index (χ1v) is 9.44. The molecule has 0 spiro atoms. The molecule has 0 aromatic heterocycles. The van der Waals surface area contributed by atoms with Crippen LogP contribution in [0.1, 0.15) is 42.6 Å².